The van der Waals surface area contributed by atoms with E-state index in [0.29, 0.717) is 0 Å². The van der Waals surface area contributed by atoms with Crippen molar-refractivity contribution in [2.24, 2.45) is 0 Å². The van der Waals surface area contributed by atoms with Crippen molar-refractivity contribution in [3.8, 4) is 6.07 Å². The zero-order chi connectivity index (χ0) is 10.6. The number of hydrogen-bond acceptors (Lipinski definition) is 1. The zero-order valence-electron chi connectivity index (χ0n) is 9.68. The minimum absolute atomic E-state index is 0.943. The Morgan fingerprint density at radius 3 is 2.14 bits per heavy atom. The van der Waals surface area contributed by atoms with Crippen LogP contribution in [0, 0.1) is 11.3 Å². The number of nitrogens with zero attached hydrogens (tertiary/aromatic N) is 1. The van der Waals surface area contributed by atoms with E-state index in [9.17, 15) is 0 Å². The van der Waals surface area contributed by atoms with Crippen LogP contribution in [0.2, 0.25) is 0 Å². The summed E-state index contributed by atoms with van der Waals surface area (Å²) in [6, 6.07) is 2.22. The van der Waals surface area contributed by atoms with Crippen molar-refractivity contribution >= 4 is 0 Å². The molecule has 80 valence electrons. The molecular weight excluding hydrogens is 170 g/mol. The minimum atomic E-state index is 0.943. The van der Waals surface area contributed by atoms with E-state index in [1.54, 1.807) is 0 Å². The van der Waals surface area contributed by atoms with Crippen molar-refractivity contribution in [1.29, 1.82) is 5.26 Å². The standard InChI is InChI=1S/C13H23N/c1-3-5-6-7-8-9-10-11-13(4-2)12-14/h4H,3,5-11H2,1-2H3. The monoisotopic (exact) mass is 193 g/mol. The summed E-state index contributed by atoms with van der Waals surface area (Å²) in [5, 5.41) is 8.68. The first kappa shape index (κ1) is 13.2. The second-order valence-corrected chi connectivity index (χ2v) is 3.80. The summed E-state index contributed by atoms with van der Waals surface area (Å²) in [6.45, 7) is 4.19. The predicted molar refractivity (Wildman–Crippen MR) is 62.0 cm³/mol. The molecule has 0 fully saturated rings. The van der Waals surface area contributed by atoms with Gasteiger partial charge in [-0.05, 0) is 19.8 Å². The SMILES string of the molecule is CC=C(C#N)CCCCCCCCC. The van der Waals surface area contributed by atoms with Crippen LogP contribution in [0.15, 0.2) is 11.6 Å². The minimum Gasteiger partial charge on any atom is -0.193 e. The van der Waals surface area contributed by atoms with E-state index in [1.165, 1.54) is 44.9 Å². The van der Waals surface area contributed by atoms with Crippen LogP contribution < -0.4 is 0 Å². The molecule has 0 rings (SSSR count). The molecule has 0 atom stereocenters. The van der Waals surface area contributed by atoms with E-state index < -0.39 is 0 Å². The molecule has 0 radical (unpaired) electrons. The molecule has 0 aliphatic heterocycles. The fourth-order valence-corrected chi connectivity index (χ4v) is 1.54. The summed E-state index contributed by atoms with van der Waals surface area (Å²) in [6.07, 6.45) is 12.1. The summed E-state index contributed by atoms with van der Waals surface area (Å²) in [5.74, 6) is 0. The number of allylic oxidation sites excluding steroid dienone is 2. The normalized spacial score (nSPS) is 11.4. The molecule has 0 amide bonds. The summed E-state index contributed by atoms with van der Waals surface area (Å²) < 4.78 is 0. The van der Waals surface area contributed by atoms with Gasteiger partial charge in [-0.1, -0.05) is 51.5 Å². The Bertz CT molecular complexity index is 186. The number of rotatable bonds is 8. The predicted octanol–water partition coefficient (Wildman–Crippen LogP) is 4.60. The molecule has 0 unspecified atom stereocenters. The first-order valence-corrected chi connectivity index (χ1v) is 5.90. The van der Waals surface area contributed by atoms with Gasteiger partial charge in [-0.3, -0.25) is 0 Å². The van der Waals surface area contributed by atoms with Gasteiger partial charge in [-0.25, -0.2) is 0 Å². The third-order valence-electron chi connectivity index (χ3n) is 2.54. The van der Waals surface area contributed by atoms with Gasteiger partial charge in [0.25, 0.3) is 0 Å². The van der Waals surface area contributed by atoms with Gasteiger partial charge in [0, 0.05) is 5.57 Å². The van der Waals surface area contributed by atoms with Crippen LogP contribution in [-0.4, -0.2) is 0 Å². The van der Waals surface area contributed by atoms with E-state index in [0.717, 1.165) is 12.0 Å². The Balaban J connectivity index is 3.18. The van der Waals surface area contributed by atoms with E-state index >= 15 is 0 Å². The molecule has 0 aliphatic rings. The second kappa shape index (κ2) is 10.3. The van der Waals surface area contributed by atoms with Crippen LogP contribution >= 0.6 is 0 Å². The summed E-state index contributed by atoms with van der Waals surface area (Å²) in [4.78, 5) is 0. The highest BCUT2D eigenvalue weighted by atomic mass is 14.2. The lowest BCUT2D eigenvalue weighted by Gasteiger charge is -2.00. The molecule has 0 aromatic heterocycles. The highest BCUT2D eigenvalue weighted by molar-refractivity contribution is 5.18. The van der Waals surface area contributed by atoms with Crippen LogP contribution in [0.5, 0.6) is 0 Å². The average molecular weight is 193 g/mol. The maximum Gasteiger partial charge on any atom is 0.0943 e. The van der Waals surface area contributed by atoms with Crippen molar-refractivity contribution in [3.05, 3.63) is 11.6 Å². The van der Waals surface area contributed by atoms with Crippen LogP contribution in [-0.2, 0) is 0 Å². The summed E-state index contributed by atoms with van der Waals surface area (Å²) in [7, 11) is 0. The fourth-order valence-electron chi connectivity index (χ4n) is 1.54. The third kappa shape index (κ3) is 7.86. The lowest BCUT2D eigenvalue weighted by molar-refractivity contribution is 0.590. The van der Waals surface area contributed by atoms with Crippen LogP contribution in [0.1, 0.15) is 65.2 Å². The molecule has 1 nitrogen and oxygen atoms in total. The molecule has 0 bridgehead atoms. The number of unbranched alkanes of at least 4 members (excludes halogenated alkanes) is 6. The molecule has 0 N–H and O–H groups in total. The fraction of sp³-hybridized carbons (Fsp3) is 0.769. The van der Waals surface area contributed by atoms with E-state index in [-0.39, 0.29) is 0 Å². The summed E-state index contributed by atoms with van der Waals surface area (Å²) >= 11 is 0. The average Bonchev–Trinajstić information content (AvgIpc) is 2.22. The van der Waals surface area contributed by atoms with Gasteiger partial charge < -0.3 is 0 Å². The molecular formula is C13H23N. The second-order valence-electron chi connectivity index (χ2n) is 3.80. The first-order chi connectivity index (χ1) is 6.85. The van der Waals surface area contributed by atoms with Crippen LogP contribution in [0.3, 0.4) is 0 Å². The Labute approximate surface area is 88.8 Å². The first-order valence-electron chi connectivity index (χ1n) is 5.90. The highest BCUT2D eigenvalue weighted by Crippen LogP contribution is 2.11. The van der Waals surface area contributed by atoms with Crippen LogP contribution in [0.25, 0.3) is 0 Å². The number of nitriles is 1. The van der Waals surface area contributed by atoms with E-state index in [4.69, 9.17) is 5.26 Å². The van der Waals surface area contributed by atoms with E-state index in [2.05, 4.69) is 13.0 Å². The maximum absolute atomic E-state index is 8.68. The van der Waals surface area contributed by atoms with Crippen LogP contribution in [0.4, 0.5) is 0 Å². The molecule has 0 aromatic carbocycles. The van der Waals surface area contributed by atoms with Gasteiger partial charge in [-0.15, -0.1) is 0 Å². The number of hydrogen-bond donors (Lipinski definition) is 0. The molecule has 0 saturated heterocycles. The smallest absolute Gasteiger partial charge is 0.0943 e. The topological polar surface area (TPSA) is 23.8 Å². The molecule has 14 heavy (non-hydrogen) atoms. The Kier molecular flexibility index (Phi) is 9.74. The quantitative estimate of drug-likeness (QED) is 0.408. The van der Waals surface area contributed by atoms with Gasteiger partial charge in [0.05, 0.1) is 6.07 Å². The molecule has 0 aromatic rings. The Morgan fingerprint density at radius 1 is 1.07 bits per heavy atom. The lowest BCUT2D eigenvalue weighted by atomic mass is 10.1. The summed E-state index contributed by atoms with van der Waals surface area (Å²) in [5.41, 5.74) is 0.943. The van der Waals surface area contributed by atoms with Crippen molar-refractivity contribution in [2.45, 2.75) is 65.2 Å². The largest absolute Gasteiger partial charge is 0.193 e. The molecule has 1 heteroatoms. The molecule has 0 saturated carbocycles. The van der Waals surface area contributed by atoms with Gasteiger partial charge in [0.1, 0.15) is 0 Å². The van der Waals surface area contributed by atoms with Crippen molar-refractivity contribution in [1.82, 2.24) is 0 Å². The Morgan fingerprint density at radius 2 is 1.64 bits per heavy atom. The highest BCUT2D eigenvalue weighted by Gasteiger charge is 1.94. The molecule has 0 aliphatic carbocycles. The molecule has 0 spiro atoms. The maximum atomic E-state index is 8.68. The van der Waals surface area contributed by atoms with Gasteiger partial charge in [0.2, 0.25) is 0 Å². The van der Waals surface area contributed by atoms with Crippen molar-refractivity contribution in [3.63, 3.8) is 0 Å². The lowest BCUT2D eigenvalue weighted by Crippen LogP contribution is -1.82. The third-order valence-corrected chi connectivity index (χ3v) is 2.54. The zero-order valence-corrected chi connectivity index (χ0v) is 9.68. The van der Waals surface area contributed by atoms with E-state index in [1.807, 2.05) is 13.0 Å². The van der Waals surface area contributed by atoms with Gasteiger partial charge in [-0.2, -0.15) is 5.26 Å². The van der Waals surface area contributed by atoms with Crippen molar-refractivity contribution in [2.75, 3.05) is 0 Å². The van der Waals surface area contributed by atoms with Crippen molar-refractivity contribution < 1.29 is 0 Å². The Hall–Kier alpha value is -0.770. The molecule has 0 heterocycles. The van der Waals surface area contributed by atoms with Gasteiger partial charge >= 0.3 is 0 Å². The van der Waals surface area contributed by atoms with Gasteiger partial charge in [0.15, 0.2) is 0 Å².